The van der Waals surface area contributed by atoms with E-state index in [2.05, 4.69) is 19.9 Å². The van der Waals surface area contributed by atoms with Crippen molar-refractivity contribution in [2.45, 2.75) is 38.5 Å². The number of carbonyl (C=O) groups excluding carboxylic acids is 1. The Hall–Kier alpha value is -1.83. The standard InChI is InChI=1S/C15H20F3N3O2/c1-11(23-10-15(16,17)18)14(22)20-12-5-6-13(19-9-12)21-7-3-2-4-8-21/h5-6,9,11H,2-4,7-8,10H2,1H3,(H,20,22). The minimum Gasteiger partial charge on any atom is -0.359 e. The summed E-state index contributed by atoms with van der Waals surface area (Å²) in [4.78, 5) is 18.2. The Morgan fingerprint density at radius 2 is 2.04 bits per heavy atom. The second-order valence-corrected chi connectivity index (χ2v) is 5.51. The quantitative estimate of drug-likeness (QED) is 0.901. The van der Waals surface area contributed by atoms with Gasteiger partial charge in [-0.1, -0.05) is 0 Å². The van der Waals surface area contributed by atoms with E-state index in [1.165, 1.54) is 19.5 Å². The number of rotatable bonds is 5. The number of piperidine rings is 1. The summed E-state index contributed by atoms with van der Waals surface area (Å²) in [7, 11) is 0. The largest absolute Gasteiger partial charge is 0.411 e. The van der Waals surface area contributed by atoms with Gasteiger partial charge >= 0.3 is 6.18 Å². The van der Waals surface area contributed by atoms with Gasteiger partial charge < -0.3 is 15.0 Å². The molecular weight excluding hydrogens is 311 g/mol. The second-order valence-electron chi connectivity index (χ2n) is 5.51. The first-order valence-corrected chi connectivity index (χ1v) is 7.55. The van der Waals surface area contributed by atoms with Crippen LogP contribution in [0.5, 0.6) is 0 Å². The lowest BCUT2D eigenvalue weighted by molar-refractivity contribution is -0.184. The number of anilines is 2. The first-order chi connectivity index (χ1) is 10.8. The van der Waals surface area contributed by atoms with E-state index in [1.807, 2.05) is 0 Å². The Morgan fingerprint density at radius 3 is 2.61 bits per heavy atom. The van der Waals surface area contributed by atoms with E-state index in [4.69, 9.17) is 0 Å². The van der Waals surface area contributed by atoms with Crippen molar-refractivity contribution < 1.29 is 22.7 Å². The minimum atomic E-state index is -4.45. The first kappa shape index (κ1) is 17.5. The van der Waals surface area contributed by atoms with Crippen LogP contribution in [-0.4, -0.2) is 42.9 Å². The predicted molar refractivity (Wildman–Crippen MR) is 80.4 cm³/mol. The van der Waals surface area contributed by atoms with Gasteiger partial charge in [0.1, 0.15) is 18.5 Å². The number of ether oxygens (including phenoxy) is 1. The van der Waals surface area contributed by atoms with Crippen LogP contribution >= 0.6 is 0 Å². The molecule has 1 aliphatic rings. The van der Waals surface area contributed by atoms with E-state index in [0.29, 0.717) is 5.69 Å². The fourth-order valence-corrected chi connectivity index (χ4v) is 2.31. The molecule has 1 aromatic heterocycles. The van der Waals surface area contributed by atoms with Crippen LogP contribution in [0.3, 0.4) is 0 Å². The van der Waals surface area contributed by atoms with Crippen molar-refractivity contribution in [1.82, 2.24) is 4.98 Å². The molecule has 0 aromatic carbocycles. The molecule has 1 atom stereocenters. The molecule has 0 aliphatic carbocycles. The molecule has 128 valence electrons. The van der Waals surface area contributed by atoms with Crippen LogP contribution in [-0.2, 0) is 9.53 Å². The molecule has 1 fully saturated rings. The van der Waals surface area contributed by atoms with Gasteiger partial charge in [-0.05, 0) is 38.3 Å². The Balaban J connectivity index is 1.86. The fraction of sp³-hybridized carbons (Fsp3) is 0.600. The number of carbonyl (C=O) groups is 1. The van der Waals surface area contributed by atoms with E-state index in [1.54, 1.807) is 12.1 Å². The average Bonchev–Trinajstić information content (AvgIpc) is 2.53. The Labute approximate surface area is 132 Å². The van der Waals surface area contributed by atoms with Gasteiger partial charge in [0, 0.05) is 13.1 Å². The van der Waals surface area contributed by atoms with E-state index in [-0.39, 0.29) is 0 Å². The molecule has 8 heteroatoms. The third-order valence-electron chi connectivity index (χ3n) is 3.56. The molecule has 1 amide bonds. The number of pyridine rings is 1. The second kappa shape index (κ2) is 7.63. The number of alkyl halides is 3. The zero-order valence-electron chi connectivity index (χ0n) is 12.9. The number of aromatic nitrogens is 1. The van der Waals surface area contributed by atoms with Crippen molar-refractivity contribution in [3.05, 3.63) is 18.3 Å². The highest BCUT2D eigenvalue weighted by Gasteiger charge is 2.29. The molecule has 23 heavy (non-hydrogen) atoms. The summed E-state index contributed by atoms with van der Waals surface area (Å²) in [6.45, 7) is 1.74. The lowest BCUT2D eigenvalue weighted by Crippen LogP contribution is -2.32. The third kappa shape index (κ3) is 5.70. The Morgan fingerprint density at radius 1 is 1.35 bits per heavy atom. The number of hydrogen-bond donors (Lipinski definition) is 1. The molecule has 1 aliphatic heterocycles. The molecule has 1 aromatic rings. The van der Waals surface area contributed by atoms with E-state index < -0.39 is 24.8 Å². The van der Waals surface area contributed by atoms with Crippen LogP contribution < -0.4 is 10.2 Å². The lowest BCUT2D eigenvalue weighted by atomic mass is 10.1. The van der Waals surface area contributed by atoms with Crippen LogP contribution in [0.1, 0.15) is 26.2 Å². The molecule has 1 unspecified atom stereocenters. The number of nitrogens with zero attached hydrogens (tertiary/aromatic N) is 2. The third-order valence-corrected chi connectivity index (χ3v) is 3.56. The predicted octanol–water partition coefficient (Wildman–Crippen LogP) is 2.98. The molecule has 1 saturated heterocycles. The van der Waals surface area contributed by atoms with Crippen molar-refractivity contribution in [1.29, 1.82) is 0 Å². The zero-order valence-corrected chi connectivity index (χ0v) is 12.9. The van der Waals surface area contributed by atoms with Gasteiger partial charge in [-0.2, -0.15) is 13.2 Å². The maximum atomic E-state index is 12.1. The number of hydrogen-bond acceptors (Lipinski definition) is 4. The molecular formula is C15H20F3N3O2. The first-order valence-electron chi connectivity index (χ1n) is 7.55. The van der Waals surface area contributed by atoms with Crippen molar-refractivity contribution in [2.75, 3.05) is 29.9 Å². The normalized spacial score (nSPS) is 17.0. The van der Waals surface area contributed by atoms with Gasteiger partial charge in [-0.3, -0.25) is 4.79 Å². The molecule has 2 rings (SSSR count). The molecule has 1 N–H and O–H groups in total. The fourth-order valence-electron chi connectivity index (χ4n) is 2.31. The van der Waals surface area contributed by atoms with Gasteiger partial charge in [-0.25, -0.2) is 4.98 Å². The highest BCUT2D eigenvalue weighted by molar-refractivity contribution is 5.93. The molecule has 0 spiro atoms. The summed E-state index contributed by atoms with van der Waals surface area (Å²) < 4.78 is 40.7. The summed E-state index contributed by atoms with van der Waals surface area (Å²) in [6.07, 6.45) is -0.661. The molecule has 0 bridgehead atoms. The van der Waals surface area contributed by atoms with Crippen LogP contribution in [0.4, 0.5) is 24.7 Å². The average molecular weight is 331 g/mol. The highest BCUT2D eigenvalue weighted by Crippen LogP contribution is 2.19. The van der Waals surface area contributed by atoms with Crippen LogP contribution in [0.2, 0.25) is 0 Å². The van der Waals surface area contributed by atoms with Gasteiger partial charge in [-0.15, -0.1) is 0 Å². The number of halogens is 3. The van der Waals surface area contributed by atoms with Crippen molar-refractivity contribution in [3.8, 4) is 0 Å². The summed E-state index contributed by atoms with van der Waals surface area (Å²) in [6, 6.07) is 3.48. The summed E-state index contributed by atoms with van der Waals surface area (Å²) in [5, 5.41) is 2.50. The van der Waals surface area contributed by atoms with E-state index in [9.17, 15) is 18.0 Å². The maximum Gasteiger partial charge on any atom is 0.411 e. The molecule has 2 heterocycles. The van der Waals surface area contributed by atoms with E-state index >= 15 is 0 Å². The van der Waals surface area contributed by atoms with Gasteiger partial charge in [0.15, 0.2) is 0 Å². The van der Waals surface area contributed by atoms with Crippen molar-refractivity contribution >= 4 is 17.4 Å². The van der Waals surface area contributed by atoms with Gasteiger partial charge in [0.2, 0.25) is 0 Å². The minimum absolute atomic E-state index is 0.429. The summed E-state index contributed by atoms with van der Waals surface area (Å²) in [5.74, 6) is 0.200. The van der Waals surface area contributed by atoms with Crippen LogP contribution in [0, 0.1) is 0 Å². The van der Waals surface area contributed by atoms with Crippen LogP contribution in [0.15, 0.2) is 18.3 Å². The van der Waals surface area contributed by atoms with E-state index in [0.717, 1.165) is 31.7 Å². The Bertz CT molecular complexity index is 514. The molecule has 0 saturated carbocycles. The smallest absolute Gasteiger partial charge is 0.359 e. The van der Waals surface area contributed by atoms with Crippen molar-refractivity contribution in [3.63, 3.8) is 0 Å². The van der Waals surface area contributed by atoms with Gasteiger partial charge in [0.25, 0.3) is 5.91 Å². The Kier molecular flexibility index (Phi) is 5.81. The zero-order chi connectivity index (χ0) is 16.9. The highest BCUT2D eigenvalue weighted by atomic mass is 19.4. The maximum absolute atomic E-state index is 12.1. The molecule has 0 radical (unpaired) electrons. The SMILES string of the molecule is CC(OCC(F)(F)F)C(=O)Nc1ccc(N2CCCCC2)nc1. The molecule has 5 nitrogen and oxygen atoms in total. The number of nitrogens with one attached hydrogen (secondary N) is 1. The van der Waals surface area contributed by atoms with Gasteiger partial charge in [0.05, 0.1) is 11.9 Å². The topological polar surface area (TPSA) is 54.5 Å². The van der Waals surface area contributed by atoms with Crippen LogP contribution in [0.25, 0.3) is 0 Å². The summed E-state index contributed by atoms with van der Waals surface area (Å²) >= 11 is 0. The number of amides is 1. The summed E-state index contributed by atoms with van der Waals surface area (Å²) in [5.41, 5.74) is 0.429. The monoisotopic (exact) mass is 331 g/mol. The van der Waals surface area contributed by atoms with Crippen molar-refractivity contribution in [2.24, 2.45) is 0 Å². The lowest BCUT2D eigenvalue weighted by Gasteiger charge is -2.27.